The first-order chi connectivity index (χ1) is 42.7. The molecule has 5 aliphatic carbocycles. The van der Waals surface area contributed by atoms with E-state index in [0.717, 1.165) is 79.6 Å². The Hall–Kier alpha value is -6.41. The number of carbonyl (C=O) groups excluding carboxylic acids is 5. The Labute approximate surface area is 538 Å². The van der Waals surface area contributed by atoms with Crippen LogP contribution in [0.5, 0.6) is 23.0 Å². The Morgan fingerprint density at radius 1 is 0.611 bits per heavy atom. The average Bonchev–Trinajstić information content (AvgIpc) is 0.960. The van der Waals surface area contributed by atoms with Crippen LogP contribution in [0.3, 0.4) is 0 Å². The van der Waals surface area contributed by atoms with Gasteiger partial charge in [0.2, 0.25) is 11.8 Å². The second-order valence-corrected chi connectivity index (χ2v) is 28.2. The summed E-state index contributed by atoms with van der Waals surface area (Å²) in [5.74, 6) is 4.35. The Morgan fingerprint density at radius 2 is 1.07 bits per heavy atom. The molecule has 14 heteroatoms. The monoisotopic (exact) mass is 1240 g/mol. The van der Waals surface area contributed by atoms with Crippen LogP contribution in [0, 0.1) is 45.8 Å². The third kappa shape index (κ3) is 20.8. The predicted molar refractivity (Wildman–Crippen MR) is 353 cm³/mol. The van der Waals surface area contributed by atoms with Gasteiger partial charge in [-0.05, 0) is 237 Å². The summed E-state index contributed by atoms with van der Waals surface area (Å²) >= 11 is 0. The van der Waals surface area contributed by atoms with Crippen LogP contribution in [0.15, 0.2) is 97.1 Å². The minimum Gasteiger partial charge on any atom is -0.508 e. The minimum absolute atomic E-state index is 0.00532. The van der Waals surface area contributed by atoms with Crippen LogP contribution in [0.4, 0.5) is 0 Å². The van der Waals surface area contributed by atoms with Crippen molar-refractivity contribution in [3.63, 3.8) is 0 Å². The van der Waals surface area contributed by atoms with Crippen molar-refractivity contribution >= 4 is 29.7 Å². The van der Waals surface area contributed by atoms with Gasteiger partial charge >= 0.3 is 17.9 Å². The number of hydrogen-bond acceptors (Lipinski definition) is 13. The number of nitrogens with zero attached hydrogens (tertiary/aromatic N) is 1. The maximum absolute atomic E-state index is 12.7. The molecule has 1 heterocycles. The van der Waals surface area contributed by atoms with Crippen molar-refractivity contribution in [1.82, 2.24) is 4.90 Å². The van der Waals surface area contributed by atoms with Gasteiger partial charge in [-0.25, -0.2) is 4.79 Å². The molecule has 4 aromatic carbocycles. The topological polar surface area (TPSA) is 184 Å². The summed E-state index contributed by atoms with van der Waals surface area (Å²) in [6.45, 7) is 22.7. The summed E-state index contributed by atoms with van der Waals surface area (Å²) in [5.41, 5.74) is 4.48. The first-order valence-corrected chi connectivity index (χ1v) is 33.6. The number of phenols is 2. The van der Waals surface area contributed by atoms with Crippen molar-refractivity contribution in [3.05, 3.63) is 119 Å². The van der Waals surface area contributed by atoms with Crippen molar-refractivity contribution in [1.29, 1.82) is 0 Å². The van der Waals surface area contributed by atoms with E-state index < -0.39 is 5.97 Å². The first-order valence-electron chi connectivity index (χ1n) is 33.6. The van der Waals surface area contributed by atoms with E-state index in [4.69, 9.17) is 18.9 Å². The van der Waals surface area contributed by atoms with Crippen LogP contribution in [-0.4, -0.2) is 91.7 Å². The summed E-state index contributed by atoms with van der Waals surface area (Å²) in [7, 11) is 4.27. The molecule has 1 aliphatic heterocycles. The molecular formula is C76H109NO13. The highest BCUT2D eigenvalue weighted by Gasteiger charge is 2.52. The minimum atomic E-state index is -0.456. The maximum Gasteiger partial charge on any atom is 0.343 e. The lowest BCUT2D eigenvalue weighted by atomic mass is 9.50. The molecular weight excluding hydrogens is 1130 g/mol. The van der Waals surface area contributed by atoms with Gasteiger partial charge in [-0.2, -0.15) is 0 Å². The molecule has 4 bridgehead atoms. The van der Waals surface area contributed by atoms with Crippen LogP contribution in [0.25, 0.3) is 0 Å². The number of benzene rings is 4. The molecule has 4 aromatic rings. The molecule has 2 amide bonds. The van der Waals surface area contributed by atoms with Crippen molar-refractivity contribution in [2.75, 3.05) is 34.5 Å². The second kappa shape index (κ2) is 33.8. The quantitative estimate of drug-likeness (QED) is 0.0293. The number of likely N-dealkylation sites (tertiary alicyclic amines) is 1. The number of esters is 3. The van der Waals surface area contributed by atoms with Crippen LogP contribution < -0.4 is 9.47 Å². The van der Waals surface area contributed by atoms with Gasteiger partial charge in [0.1, 0.15) is 23.0 Å². The first kappa shape index (κ1) is 72.7. The number of hydrogen-bond donors (Lipinski definition) is 2. The van der Waals surface area contributed by atoms with E-state index in [0.29, 0.717) is 47.9 Å². The summed E-state index contributed by atoms with van der Waals surface area (Å²) < 4.78 is 32.4. The fourth-order valence-corrected chi connectivity index (χ4v) is 14.3. The van der Waals surface area contributed by atoms with Crippen molar-refractivity contribution < 1.29 is 62.6 Å². The van der Waals surface area contributed by atoms with Crippen molar-refractivity contribution in [2.45, 2.75) is 221 Å². The molecule has 0 aromatic heterocycles. The second-order valence-electron chi connectivity index (χ2n) is 28.2. The molecule has 5 saturated carbocycles. The van der Waals surface area contributed by atoms with Gasteiger partial charge in [0.15, 0.2) is 12.9 Å². The number of imide groups is 1. The molecule has 7 atom stereocenters. The average molecular weight is 1240 g/mol. The van der Waals surface area contributed by atoms with Crippen LogP contribution >= 0.6 is 0 Å². The molecule has 90 heavy (non-hydrogen) atoms. The van der Waals surface area contributed by atoms with Crippen LogP contribution in [0.2, 0.25) is 0 Å². The molecule has 7 unspecified atom stereocenters. The van der Waals surface area contributed by atoms with Crippen LogP contribution in [0.1, 0.15) is 231 Å². The Morgan fingerprint density at radius 3 is 1.52 bits per heavy atom. The molecule has 14 nitrogen and oxygen atoms in total. The maximum atomic E-state index is 12.7. The van der Waals surface area contributed by atoms with Gasteiger partial charge in [-0.15, -0.1) is 0 Å². The fraction of sp³-hybridized carbons (Fsp3) is 0.618. The molecule has 0 spiro atoms. The van der Waals surface area contributed by atoms with Crippen LogP contribution in [-0.2, 0) is 42.9 Å². The molecule has 6 aliphatic rings. The number of aromatic hydroxyl groups is 2. The number of methoxy groups -OCH3 is 2. The van der Waals surface area contributed by atoms with E-state index in [1.54, 1.807) is 43.4 Å². The molecule has 6 fully saturated rings. The molecule has 0 radical (unpaired) electrons. The Bertz CT molecular complexity index is 2840. The predicted octanol–water partition coefficient (Wildman–Crippen LogP) is 16.8. The summed E-state index contributed by atoms with van der Waals surface area (Å²) in [4.78, 5) is 60.6. The van der Waals surface area contributed by atoms with Gasteiger partial charge in [0.25, 0.3) is 0 Å². The highest BCUT2D eigenvalue weighted by molar-refractivity contribution is 6.04. The smallest absolute Gasteiger partial charge is 0.343 e. The zero-order valence-electron chi connectivity index (χ0n) is 56.9. The summed E-state index contributed by atoms with van der Waals surface area (Å²) in [6.07, 6.45) is 19.8. The summed E-state index contributed by atoms with van der Waals surface area (Å²) in [6, 6.07) is 30.8. The third-order valence-corrected chi connectivity index (χ3v) is 20.5. The van der Waals surface area contributed by atoms with Crippen molar-refractivity contribution in [2.24, 2.45) is 45.8 Å². The third-order valence-electron chi connectivity index (χ3n) is 20.5. The van der Waals surface area contributed by atoms with Gasteiger partial charge < -0.3 is 38.6 Å². The number of carbonyl (C=O) groups is 5. The van der Waals surface area contributed by atoms with E-state index in [1.165, 1.54) is 88.0 Å². The van der Waals surface area contributed by atoms with E-state index >= 15 is 0 Å². The zero-order valence-corrected chi connectivity index (χ0v) is 56.9. The molecule has 1 saturated heterocycles. The zero-order chi connectivity index (χ0) is 65.9. The molecule has 2 N–H and O–H groups in total. The Balaban J connectivity index is 0.000000206. The standard InChI is InChI=1S/C26H31NO6.C26H36O3.C17H28O2.C7H14O2/c1-16(18-5-9-21(28)10-6-18)13-20(14-23-17(2)25(30)27(3)26(23)31)19-7-11-22(12-8-19)33-15-24(29)32-4;1-4-21(23-10-14-24(27)15-11-23)18-19(2)22-12-16-26(17-13-22)29-20(3)28-25-8-6-5-7-9-25;1-4-16(2,3)15(18)19-11-17-8-12-5-13(9-17)7-14(6-12)10-17;1-5-7(2,3)6(8)9-4/h5-12,16-17,20,23,28H,13-15H2,1-4H3;10-17,19-21,25,27H,4-9,18H2,1-3H3;12-14H,4-11H2,1-3H3;5H2,1-4H3. The number of rotatable bonds is 24. The fourth-order valence-electron chi connectivity index (χ4n) is 14.3. The number of ether oxygens (including phenoxy) is 6. The van der Waals surface area contributed by atoms with Gasteiger partial charge in [-0.3, -0.25) is 24.1 Å². The lowest BCUT2D eigenvalue weighted by Gasteiger charge is -2.56. The molecule has 496 valence electrons. The molecule has 10 rings (SSSR count). The lowest BCUT2D eigenvalue weighted by Crippen LogP contribution is -2.48. The number of phenolic OH excluding ortho intramolecular Hbond substituents is 2. The number of amides is 2. The van der Waals surface area contributed by atoms with E-state index in [1.807, 2.05) is 84.9 Å². The van der Waals surface area contributed by atoms with Gasteiger partial charge in [-0.1, -0.05) is 109 Å². The Kier molecular flexibility index (Phi) is 27.3. The van der Waals surface area contributed by atoms with Gasteiger partial charge in [0, 0.05) is 18.4 Å². The SMILES string of the molecule is CCC(C)(C)C(=O)OC.CCC(C)(C)C(=O)OCC12CC3CC(CC(C3)C1)C2.CCC(CC(C)c1ccc(OC(C)OC2CCCCC2)cc1)c1ccc(O)cc1.COC(=O)COc1ccc(C(CC(C)c2ccc(O)cc2)CC2C(=O)N(C)C(=O)C2C)cc1. The van der Waals surface area contributed by atoms with E-state index in [9.17, 15) is 34.2 Å². The largest absolute Gasteiger partial charge is 0.508 e. The normalized spacial score (nSPS) is 22.8. The lowest BCUT2D eigenvalue weighted by molar-refractivity contribution is -0.165. The van der Waals surface area contributed by atoms with Gasteiger partial charge in [0.05, 0.1) is 43.7 Å². The summed E-state index contributed by atoms with van der Waals surface area (Å²) in [5, 5.41) is 19.1. The highest BCUT2D eigenvalue weighted by atomic mass is 16.7. The van der Waals surface area contributed by atoms with Crippen molar-refractivity contribution in [3.8, 4) is 23.0 Å². The highest BCUT2D eigenvalue weighted by Crippen LogP contribution is 2.60. The van der Waals surface area contributed by atoms with E-state index in [2.05, 4.69) is 61.4 Å². The van der Waals surface area contributed by atoms with E-state index in [-0.39, 0.29) is 76.9 Å².